The molecule has 2 amide bonds. The molecule has 0 saturated carbocycles. The lowest BCUT2D eigenvalue weighted by atomic mass is 10.2. The van der Waals surface area contributed by atoms with Gasteiger partial charge < -0.3 is 10.2 Å². The van der Waals surface area contributed by atoms with Gasteiger partial charge in [0.15, 0.2) is 0 Å². The first kappa shape index (κ1) is 9.71. The molecule has 1 aliphatic rings. The number of amides is 2. The van der Waals surface area contributed by atoms with Gasteiger partial charge in [0.25, 0.3) is 0 Å². The Morgan fingerprint density at radius 1 is 1.58 bits per heavy atom. The smallest absolute Gasteiger partial charge is 0.317 e. The number of nitrogens with one attached hydrogen (secondary N) is 1. The van der Waals surface area contributed by atoms with Crippen LogP contribution in [0, 0.1) is 0 Å². The second-order valence-corrected chi connectivity index (χ2v) is 5.39. The molecular formula is C8H16N2OS. The van der Waals surface area contributed by atoms with Crippen molar-refractivity contribution in [1.29, 1.82) is 0 Å². The van der Waals surface area contributed by atoms with E-state index in [9.17, 15) is 4.79 Å². The Hall–Kier alpha value is -0.380. The van der Waals surface area contributed by atoms with Crippen molar-refractivity contribution >= 4 is 17.8 Å². The maximum atomic E-state index is 11.3. The van der Waals surface area contributed by atoms with E-state index in [0.717, 1.165) is 18.8 Å². The summed E-state index contributed by atoms with van der Waals surface area (Å²) in [4.78, 5) is 13.1. The average molecular weight is 188 g/mol. The number of hydrogen-bond acceptors (Lipinski definition) is 2. The van der Waals surface area contributed by atoms with E-state index in [1.54, 1.807) is 7.05 Å². The molecule has 70 valence electrons. The van der Waals surface area contributed by atoms with E-state index in [0.29, 0.717) is 0 Å². The van der Waals surface area contributed by atoms with Crippen LogP contribution in [-0.2, 0) is 0 Å². The summed E-state index contributed by atoms with van der Waals surface area (Å²) in [6.45, 7) is 6.06. The van der Waals surface area contributed by atoms with Gasteiger partial charge in [0.1, 0.15) is 0 Å². The molecule has 12 heavy (non-hydrogen) atoms. The van der Waals surface area contributed by atoms with Crippen molar-refractivity contribution in [3.05, 3.63) is 0 Å². The molecule has 0 spiro atoms. The Bertz CT molecular complexity index is 182. The van der Waals surface area contributed by atoms with Crippen molar-refractivity contribution in [2.45, 2.75) is 18.6 Å². The normalized spacial score (nSPS) is 22.1. The highest BCUT2D eigenvalue weighted by atomic mass is 32.2. The summed E-state index contributed by atoms with van der Waals surface area (Å²) >= 11 is 1.93. The molecule has 3 nitrogen and oxygen atoms in total. The maximum Gasteiger partial charge on any atom is 0.317 e. The quantitative estimate of drug-likeness (QED) is 0.618. The molecule has 1 fully saturated rings. The zero-order chi connectivity index (χ0) is 9.19. The topological polar surface area (TPSA) is 32.3 Å². The van der Waals surface area contributed by atoms with Gasteiger partial charge >= 0.3 is 6.03 Å². The van der Waals surface area contributed by atoms with Gasteiger partial charge in [-0.2, -0.15) is 11.8 Å². The molecular weight excluding hydrogens is 172 g/mol. The van der Waals surface area contributed by atoms with Crippen LogP contribution in [0.2, 0.25) is 0 Å². The van der Waals surface area contributed by atoms with Crippen LogP contribution in [0.3, 0.4) is 0 Å². The first-order chi connectivity index (χ1) is 5.55. The van der Waals surface area contributed by atoms with Crippen molar-refractivity contribution in [2.75, 3.05) is 25.9 Å². The highest BCUT2D eigenvalue weighted by Gasteiger charge is 2.28. The van der Waals surface area contributed by atoms with Gasteiger partial charge in [-0.1, -0.05) is 0 Å². The summed E-state index contributed by atoms with van der Waals surface area (Å²) in [5.74, 6) is 1.04. The first-order valence-corrected chi connectivity index (χ1v) is 5.14. The predicted molar refractivity (Wildman–Crippen MR) is 52.6 cm³/mol. The second kappa shape index (κ2) is 3.56. The molecule has 0 atom stereocenters. The highest BCUT2D eigenvalue weighted by Crippen LogP contribution is 2.29. The third-order valence-corrected chi connectivity index (χ3v) is 3.22. The zero-order valence-corrected chi connectivity index (χ0v) is 8.70. The summed E-state index contributed by atoms with van der Waals surface area (Å²) in [6.07, 6.45) is 0. The van der Waals surface area contributed by atoms with Crippen LogP contribution in [0.15, 0.2) is 0 Å². The number of hydrogen-bond donors (Lipinski definition) is 1. The summed E-state index contributed by atoms with van der Waals surface area (Å²) in [5.41, 5.74) is 0. The largest absolute Gasteiger partial charge is 0.341 e. The van der Waals surface area contributed by atoms with Gasteiger partial charge in [-0.25, -0.2) is 4.79 Å². The molecule has 0 aromatic carbocycles. The molecule has 0 aromatic heterocycles. The maximum absolute atomic E-state index is 11.3. The second-order valence-electron chi connectivity index (χ2n) is 3.58. The van der Waals surface area contributed by atoms with Crippen LogP contribution in [0.4, 0.5) is 4.79 Å². The number of nitrogens with zero attached hydrogens (tertiary/aromatic N) is 1. The lowest BCUT2D eigenvalue weighted by Gasteiger charge is -2.37. The minimum Gasteiger partial charge on any atom is -0.341 e. The fraction of sp³-hybridized carbons (Fsp3) is 0.875. The fourth-order valence-electron chi connectivity index (χ4n) is 1.35. The first-order valence-electron chi connectivity index (χ1n) is 4.16. The minimum atomic E-state index is 0.0448. The lowest BCUT2D eigenvalue weighted by molar-refractivity contribution is 0.197. The van der Waals surface area contributed by atoms with Crippen LogP contribution in [0.25, 0.3) is 0 Å². The van der Waals surface area contributed by atoms with Gasteiger partial charge in [-0.05, 0) is 13.8 Å². The number of rotatable bonds is 0. The molecule has 0 aliphatic carbocycles. The van der Waals surface area contributed by atoms with Crippen LogP contribution in [-0.4, -0.2) is 41.6 Å². The highest BCUT2D eigenvalue weighted by molar-refractivity contribution is 8.00. The number of carbonyl (C=O) groups excluding carboxylic acids is 1. The van der Waals surface area contributed by atoms with Crippen molar-refractivity contribution in [1.82, 2.24) is 10.2 Å². The van der Waals surface area contributed by atoms with Crippen LogP contribution in [0.1, 0.15) is 13.8 Å². The molecule has 0 aromatic rings. The van der Waals surface area contributed by atoms with E-state index in [4.69, 9.17) is 0 Å². The number of carbonyl (C=O) groups is 1. The number of urea groups is 1. The van der Waals surface area contributed by atoms with Crippen LogP contribution in [0.5, 0.6) is 0 Å². The van der Waals surface area contributed by atoms with Gasteiger partial charge in [0, 0.05) is 30.6 Å². The molecule has 1 rings (SSSR count). The molecule has 0 bridgehead atoms. The predicted octanol–water partition coefficient (Wildman–Crippen LogP) is 1.15. The lowest BCUT2D eigenvalue weighted by Crippen LogP contribution is -2.49. The minimum absolute atomic E-state index is 0.0448. The SMILES string of the molecule is CNC(=O)N1CCSC(C)(C)C1. The van der Waals surface area contributed by atoms with Crippen molar-refractivity contribution in [2.24, 2.45) is 0 Å². The summed E-state index contributed by atoms with van der Waals surface area (Å²) < 4.78 is 0.213. The van der Waals surface area contributed by atoms with Gasteiger partial charge in [-0.3, -0.25) is 0 Å². The van der Waals surface area contributed by atoms with E-state index < -0.39 is 0 Å². The van der Waals surface area contributed by atoms with E-state index in [1.807, 2.05) is 16.7 Å². The van der Waals surface area contributed by atoms with Gasteiger partial charge in [-0.15, -0.1) is 0 Å². The fourth-order valence-corrected chi connectivity index (χ4v) is 2.46. The van der Waals surface area contributed by atoms with E-state index in [-0.39, 0.29) is 10.8 Å². The van der Waals surface area contributed by atoms with Gasteiger partial charge in [0.05, 0.1) is 0 Å². The summed E-state index contributed by atoms with van der Waals surface area (Å²) in [5, 5.41) is 2.65. The van der Waals surface area contributed by atoms with Gasteiger partial charge in [0.2, 0.25) is 0 Å². The number of thioether (sulfide) groups is 1. The van der Waals surface area contributed by atoms with Crippen molar-refractivity contribution in [3.8, 4) is 0 Å². The molecule has 4 heteroatoms. The molecule has 0 radical (unpaired) electrons. The van der Waals surface area contributed by atoms with Crippen LogP contribution < -0.4 is 5.32 Å². The molecule has 0 unspecified atom stereocenters. The Morgan fingerprint density at radius 2 is 2.25 bits per heavy atom. The Morgan fingerprint density at radius 3 is 2.75 bits per heavy atom. The van der Waals surface area contributed by atoms with Crippen molar-refractivity contribution in [3.63, 3.8) is 0 Å². The van der Waals surface area contributed by atoms with Crippen molar-refractivity contribution < 1.29 is 4.79 Å². The molecule has 1 heterocycles. The average Bonchev–Trinajstić information content (AvgIpc) is 2.01. The standard InChI is InChI=1S/C8H16N2OS/c1-8(2)6-10(4-5-12-8)7(11)9-3/h4-6H2,1-3H3,(H,9,11). The molecule has 1 saturated heterocycles. The zero-order valence-electron chi connectivity index (χ0n) is 7.89. The molecule has 1 N–H and O–H groups in total. The Kier molecular flexibility index (Phi) is 2.88. The van der Waals surface area contributed by atoms with E-state index >= 15 is 0 Å². The van der Waals surface area contributed by atoms with E-state index in [1.165, 1.54) is 0 Å². The Balaban J connectivity index is 2.52. The molecule has 1 aliphatic heterocycles. The monoisotopic (exact) mass is 188 g/mol. The summed E-state index contributed by atoms with van der Waals surface area (Å²) in [7, 11) is 1.68. The third-order valence-electron chi connectivity index (χ3n) is 1.93. The third kappa shape index (κ3) is 2.30. The summed E-state index contributed by atoms with van der Waals surface area (Å²) in [6, 6.07) is 0.0448. The van der Waals surface area contributed by atoms with Crippen LogP contribution >= 0.6 is 11.8 Å². The van der Waals surface area contributed by atoms with E-state index in [2.05, 4.69) is 19.2 Å². The Labute approximate surface area is 77.9 Å².